The minimum absolute atomic E-state index is 0.113. The maximum atomic E-state index is 11.8. The number of fused-ring (bicyclic) bond motifs is 1. The molecule has 0 fully saturated rings. The smallest absolute Gasteiger partial charge is 0.334 e. The zero-order valence-corrected chi connectivity index (χ0v) is 10.2. The molecule has 19 heavy (non-hydrogen) atoms. The van der Waals surface area contributed by atoms with Gasteiger partial charge in [-0.25, -0.2) is 9.78 Å². The molecule has 2 aromatic heterocycles. The molecule has 7 nitrogen and oxygen atoms in total. The summed E-state index contributed by atoms with van der Waals surface area (Å²) in [5.41, 5.74) is 0.876. The number of nitrogens with zero attached hydrogens (tertiary/aromatic N) is 2. The zero-order chi connectivity index (χ0) is 13.8. The van der Waals surface area contributed by atoms with Gasteiger partial charge < -0.3 is 19.6 Å². The Hall–Kier alpha value is -2.41. The van der Waals surface area contributed by atoms with Crippen molar-refractivity contribution in [3.8, 4) is 0 Å². The number of aromatic nitrogens is 2. The molecule has 0 radical (unpaired) electrons. The van der Waals surface area contributed by atoms with Crippen molar-refractivity contribution in [2.45, 2.75) is 6.10 Å². The van der Waals surface area contributed by atoms with Crippen LogP contribution < -0.4 is 5.32 Å². The summed E-state index contributed by atoms with van der Waals surface area (Å²) in [5.74, 6) is -1.56. The van der Waals surface area contributed by atoms with Gasteiger partial charge in [0.05, 0.1) is 6.54 Å². The Bertz CT molecular complexity index is 575. The Labute approximate surface area is 108 Å². The first-order chi connectivity index (χ1) is 9.11. The standard InChI is InChI=1S/C12H13N3O4/c1-19-9(12(17)18)6-13-11(16)8-7-15-5-3-2-4-10(15)14-8/h2-5,7,9H,6H2,1H3,(H,13,16)(H,17,18). The number of ether oxygens (including phenoxy) is 1. The van der Waals surface area contributed by atoms with E-state index in [0.717, 1.165) is 0 Å². The van der Waals surface area contributed by atoms with Crippen molar-refractivity contribution in [1.29, 1.82) is 0 Å². The molecule has 0 spiro atoms. The van der Waals surface area contributed by atoms with Crippen LogP contribution in [0.3, 0.4) is 0 Å². The lowest BCUT2D eigenvalue weighted by atomic mass is 10.3. The van der Waals surface area contributed by atoms with Crippen LogP contribution in [0, 0.1) is 0 Å². The second-order valence-corrected chi connectivity index (χ2v) is 3.86. The number of imidazole rings is 1. The van der Waals surface area contributed by atoms with Gasteiger partial charge in [0, 0.05) is 19.5 Å². The molecule has 2 heterocycles. The van der Waals surface area contributed by atoms with Gasteiger partial charge in [-0.05, 0) is 12.1 Å². The van der Waals surface area contributed by atoms with E-state index in [1.54, 1.807) is 22.9 Å². The molecule has 2 rings (SSSR count). The van der Waals surface area contributed by atoms with Crippen LogP contribution in [0.5, 0.6) is 0 Å². The van der Waals surface area contributed by atoms with Crippen LogP contribution in [-0.4, -0.2) is 46.1 Å². The SMILES string of the molecule is COC(CNC(=O)c1cn2ccccc2n1)C(=O)O. The largest absolute Gasteiger partial charge is 0.479 e. The molecule has 2 N–H and O–H groups in total. The number of nitrogens with one attached hydrogen (secondary N) is 1. The van der Waals surface area contributed by atoms with Crippen molar-refractivity contribution in [2.24, 2.45) is 0 Å². The molecule has 7 heteroatoms. The van der Waals surface area contributed by atoms with Gasteiger partial charge in [0.1, 0.15) is 11.3 Å². The monoisotopic (exact) mass is 263 g/mol. The normalized spacial score (nSPS) is 12.3. The third-order valence-corrected chi connectivity index (χ3v) is 2.60. The number of amides is 1. The fourth-order valence-corrected chi connectivity index (χ4v) is 1.59. The second-order valence-electron chi connectivity index (χ2n) is 3.86. The van der Waals surface area contributed by atoms with Gasteiger partial charge in [-0.15, -0.1) is 0 Å². The van der Waals surface area contributed by atoms with E-state index in [1.807, 2.05) is 12.1 Å². The van der Waals surface area contributed by atoms with Gasteiger partial charge in [-0.2, -0.15) is 0 Å². The lowest BCUT2D eigenvalue weighted by molar-refractivity contribution is -0.148. The van der Waals surface area contributed by atoms with Gasteiger partial charge in [0.15, 0.2) is 6.10 Å². The number of methoxy groups -OCH3 is 1. The lowest BCUT2D eigenvalue weighted by Gasteiger charge is -2.10. The second kappa shape index (κ2) is 5.49. The van der Waals surface area contributed by atoms with E-state index in [0.29, 0.717) is 5.65 Å². The molecular formula is C12H13N3O4. The molecule has 100 valence electrons. The van der Waals surface area contributed by atoms with E-state index in [-0.39, 0.29) is 12.2 Å². The number of carboxylic acids is 1. The number of aliphatic carboxylic acids is 1. The molecular weight excluding hydrogens is 250 g/mol. The van der Waals surface area contributed by atoms with Crippen molar-refractivity contribution in [1.82, 2.24) is 14.7 Å². The predicted octanol–water partition coefficient (Wildman–Crippen LogP) is 0.164. The summed E-state index contributed by atoms with van der Waals surface area (Å²) in [4.78, 5) is 26.7. The molecule has 0 saturated heterocycles. The first-order valence-corrected chi connectivity index (χ1v) is 5.59. The molecule has 0 saturated carbocycles. The fraction of sp³-hybridized carbons (Fsp3) is 0.250. The van der Waals surface area contributed by atoms with Crippen molar-refractivity contribution < 1.29 is 19.4 Å². The molecule has 2 aromatic rings. The van der Waals surface area contributed by atoms with Crippen molar-refractivity contribution in [3.63, 3.8) is 0 Å². The first kappa shape index (κ1) is 13.0. The van der Waals surface area contributed by atoms with Crippen molar-refractivity contribution in [3.05, 3.63) is 36.3 Å². The Balaban J connectivity index is 2.05. The Morgan fingerprint density at radius 1 is 1.53 bits per heavy atom. The van der Waals surface area contributed by atoms with Gasteiger partial charge in [-0.1, -0.05) is 6.07 Å². The van der Waals surface area contributed by atoms with Crippen molar-refractivity contribution >= 4 is 17.5 Å². The van der Waals surface area contributed by atoms with E-state index in [9.17, 15) is 9.59 Å². The van der Waals surface area contributed by atoms with E-state index in [4.69, 9.17) is 9.84 Å². The summed E-state index contributed by atoms with van der Waals surface area (Å²) in [5, 5.41) is 11.2. The Morgan fingerprint density at radius 2 is 2.32 bits per heavy atom. The van der Waals surface area contributed by atoms with Crippen LogP contribution in [0.1, 0.15) is 10.5 Å². The highest BCUT2D eigenvalue weighted by atomic mass is 16.5. The maximum Gasteiger partial charge on any atom is 0.334 e. The quantitative estimate of drug-likeness (QED) is 0.801. The highest BCUT2D eigenvalue weighted by Gasteiger charge is 2.18. The van der Waals surface area contributed by atoms with E-state index < -0.39 is 18.0 Å². The minimum Gasteiger partial charge on any atom is -0.479 e. The van der Waals surface area contributed by atoms with Crippen LogP contribution in [0.4, 0.5) is 0 Å². The maximum absolute atomic E-state index is 11.8. The Morgan fingerprint density at radius 3 is 2.95 bits per heavy atom. The minimum atomic E-state index is -1.13. The number of hydrogen-bond donors (Lipinski definition) is 2. The number of hydrogen-bond acceptors (Lipinski definition) is 4. The average molecular weight is 263 g/mol. The predicted molar refractivity (Wildman–Crippen MR) is 66.0 cm³/mol. The Kier molecular flexibility index (Phi) is 3.76. The third kappa shape index (κ3) is 2.89. The average Bonchev–Trinajstić information content (AvgIpc) is 2.82. The highest BCUT2D eigenvalue weighted by Crippen LogP contribution is 2.04. The zero-order valence-electron chi connectivity index (χ0n) is 10.2. The first-order valence-electron chi connectivity index (χ1n) is 5.59. The van der Waals surface area contributed by atoms with Crippen LogP contribution in [-0.2, 0) is 9.53 Å². The molecule has 1 amide bonds. The molecule has 0 aliphatic heterocycles. The van der Waals surface area contributed by atoms with E-state index >= 15 is 0 Å². The van der Waals surface area contributed by atoms with E-state index in [1.165, 1.54) is 7.11 Å². The van der Waals surface area contributed by atoms with Gasteiger partial charge >= 0.3 is 5.97 Å². The van der Waals surface area contributed by atoms with Crippen LogP contribution in [0.15, 0.2) is 30.6 Å². The molecule has 0 aliphatic carbocycles. The lowest BCUT2D eigenvalue weighted by Crippen LogP contribution is -2.37. The fourth-order valence-electron chi connectivity index (χ4n) is 1.59. The summed E-state index contributed by atoms with van der Waals surface area (Å²) in [6.07, 6.45) is 2.28. The molecule has 0 aromatic carbocycles. The van der Waals surface area contributed by atoms with Gasteiger partial charge in [-0.3, -0.25) is 4.79 Å². The third-order valence-electron chi connectivity index (χ3n) is 2.60. The van der Waals surface area contributed by atoms with Crippen LogP contribution in [0.25, 0.3) is 5.65 Å². The number of rotatable bonds is 5. The van der Waals surface area contributed by atoms with Gasteiger partial charge in [0.2, 0.25) is 0 Å². The van der Waals surface area contributed by atoms with E-state index in [2.05, 4.69) is 10.3 Å². The molecule has 0 bridgehead atoms. The van der Waals surface area contributed by atoms with Gasteiger partial charge in [0.25, 0.3) is 5.91 Å². The number of carbonyl (C=O) groups is 2. The number of carboxylic acid groups (broad SMARTS) is 1. The summed E-state index contributed by atoms with van der Waals surface area (Å²) >= 11 is 0. The number of pyridine rings is 1. The number of carbonyl (C=O) groups excluding carboxylic acids is 1. The molecule has 1 atom stereocenters. The highest BCUT2D eigenvalue weighted by molar-refractivity contribution is 5.93. The van der Waals surface area contributed by atoms with Crippen molar-refractivity contribution in [2.75, 3.05) is 13.7 Å². The summed E-state index contributed by atoms with van der Waals surface area (Å²) in [7, 11) is 1.27. The molecule has 0 aliphatic rings. The summed E-state index contributed by atoms with van der Waals surface area (Å²) < 4.78 is 6.43. The van der Waals surface area contributed by atoms with Crippen LogP contribution in [0.2, 0.25) is 0 Å². The molecule has 1 unspecified atom stereocenters. The summed E-state index contributed by atoms with van der Waals surface area (Å²) in [6, 6.07) is 5.41. The van der Waals surface area contributed by atoms with Crippen LogP contribution >= 0.6 is 0 Å². The summed E-state index contributed by atoms with van der Waals surface area (Å²) in [6.45, 7) is -0.113. The topological polar surface area (TPSA) is 92.9 Å².